The lowest BCUT2D eigenvalue weighted by Crippen LogP contribution is -2.48. The Bertz CT molecular complexity index is 1240. The Labute approximate surface area is 252 Å². The monoisotopic (exact) mass is 571 g/mol. The van der Waals surface area contributed by atoms with Gasteiger partial charge in [0, 0.05) is 41.2 Å². The molecule has 6 nitrogen and oxygen atoms in total. The van der Waals surface area contributed by atoms with Crippen LogP contribution < -0.4 is 9.47 Å². The average Bonchev–Trinajstić information content (AvgIpc) is 3.03. The lowest BCUT2D eigenvalue weighted by Gasteiger charge is -2.42. The maximum absolute atomic E-state index is 14.1. The molecule has 6 heteroatoms. The predicted molar refractivity (Wildman–Crippen MR) is 169 cm³/mol. The summed E-state index contributed by atoms with van der Waals surface area (Å²) in [5.41, 5.74) is 5.31. The molecule has 2 aromatic rings. The van der Waals surface area contributed by atoms with Gasteiger partial charge >= 0.3 is 0 Å². The molecule has 2 saturated carbocycles. The highest BCUT2D eigenvalue weighted by Gasteiger charge is 2.37. The molecule has 6 rings (SSSR count). The smallest absolute Gasteiger partial charge is 0.254 e. The maximum atomic E-state index is 14.1. The number of aliphatic imine (C=N–C) groups is 1. The molecule has 2 unspecified atom stereocenters. The summed E-state index contributed by atoms with van der Waals surface area (Å²) in [6, 6.07) is 13.7. The van der Waals surface area contributed by atoms with Gasteiger partial charge in [-0.1, -0.05) is 50.7 Å². The Morgan fingerprint density at radius 2 is 1.45 bits per heavy atom. The number of piperidine rings is 1. The van der Waals surface area contributed by atoms with Crippen molar-refractivity contribution in [2.45, 2.75) is 109 Å². The number of rotatable bonds is 8. The number of carbonyl (C=O) groups excluding carboxylic acids is 1. The first-order valence-corrected chi connectivity index (χ1v) is 16.7. The highest BCUT2D eigenvalue weighted by atomic mass is 16.5. The average molecular weight is 572 g/mol. The van der Waals surface area contributed by atoms with E-state index in [2.05, 4.69) is 53.2 Å². The first-order valence-electron chi connectivity index (χ1n) is 16.7. The number of likely N-dealkylation sites (tertiary alicyclic amines) is 1. The number of fused-ring (bicyclic) bond motifs is 3. The maximum Gasteiger partial charge on any atom is 0.254 e. The fraction of sp³-hybridized carbons (Fsp3) is 0.611. The molecule has 0 spiro atoms. The molecule has 1 amide bonds. The lowest BCUT2D eigenvalue weighted by atomic mass is 9.79. The Morgan fingerprint density at radius 3 is 2.05 bits per heavy atom. The summed E-state index contributed by atoms with van der Waals surface area (Å²) >= 11 is 0. The van der Waals surface area contributed by atoms with E-state index in [1.165, 1.54) is 44.1 Å². The van der Waals surface area contributed by atoms with Gasteiger partial charge in [0.2, 0.25) is 0 Å². The van der Waals surface area contributed by atoms with Crippen molar-refractivity contribution in [1.29, 1.82) is 0 Å². The summed E-state index contributed by atoms with van der Waals surface area (Å²) in [5, 5.41) is 0. The van der Waals surface area contributed by atoms with Crippen molar-refractivity contribution in [1.82, 2.24) is 9.80 Å². The molecule has 42 heavy (non-hydrogen) atoms. The van der Waals surface area contributed by atoms with Gasteiger partial charge in [-0.25, -0.2) is 0 Å². The Morgan fingerprint density at radius 1 is 0.857 bits per heavy atom. The van der Waals surface area contributed by atoms with Crippen LogP contribution in [-0.4, -0.2) is 72.9 Å². The first kappa shape index (κ1) is 29.2. The molecule has 2 atom stereocenters. The minimum atomic E-state index is 0.224. The predicted octanol–water partition coefficient (Wildman–Crippen LogP) is 7.23. The van der Waals surface area contributed by atoms with Crippen LogP contribution in [0.4, 0.5) is 0 Å². The Hall–Kier alpha value is -2.86. The SMILES string of the molecule is CCOc1cc2c(cc1OCC)C1CN(C)CCC1N=C2c1ccc(C(=O)N(C2CCCCC2)C2CCCCC2)cc1. The van der Waals surface area contributed by atoms with E-state index in [0.29, 0.717) is 31.2 Å². The fourth-order valence-electron chi connectivity index (χ4n) is 7.92. The number of amides is 1. The molecule has 0 radical (unpaired) electrons. The minimum Gasteiger partial charge on any atom is -0.490 e. The molecule has 4 aliphatic rings. The van der Waals surface area contributed by atoms with Crippen LogP contribution in [0.1, 0.15) is 117 Å². The molecule has 0 bridgehead atoms. The van der Waals surface area contributed by atoms with Crippen LogP contribution in [0.15, 0.2) is 41.4 Å². The van der Waals surface area contributed by atoms with Gasteiger partial charge < -0.3 is 19.3 Å². The molecule has 2 aromatic carbocycles. The van der Waals surface area contributed by atoms with E-state index in [-0.39, 0.29) is 11.9 Å². The molecular formula is C36H49N3O3. The summed E-state index contributed by atoms with van der Waals surface area (Å²) < 4.78 is 12.1. The zero-order chi connectivity index (χ0) is 29.1. The van der Waals surface area contributed by atoms with Crippen LogP contribution in [-0.2, 0) is 0 Å². The number of nitrogens with zero attached hydrogens (tertiary/aromatic N) is 3. The molecule has 2 heterocycles. The molecule has 0 aromatic heterocycles. The van der Waals surface area contributed by atoms with Crippen LogP contribution in [0, 0.1) is 0 Å². The summed E-state index contributed by atoms with van der Waals surface area (Å²) in [6.07, 6.45) is 13.2. The number of hydrogen-bond acceptors (Lipinski definition) is 5. The van der Waals surface area contributed by atoms with Crippen molar-refractivity contribution in [3.05, 3.63) is 58.7 Å². The van der Waals surface area contributed by atoms with E-state index in [0.717, 1.165) is 79.1 Å². The molecule has 2 aliphatic heterocycles. The van der Waals surface area contributed by atoms with Crippen molar-refractivity contribution >= 4 is 11.6 Å². The van der Waals surface area contributed by atoms with E-state index in [4.69, 9.17) is 14.5 Å². The van der Waals surface area contributed by atoms with Crippen LogP contribution in [0.25, 0.3) is 0 Å². The van der Waals surface area contributed by atoms with Crippen molar-refractivity contribution < 1.29 is 14.3 Å². The summed E-state index contributed by atoms with van der Waals surface area (Å²) in [7, 11) is 2.20. The number of ether oxygens (including phenoxy) is 2. The largest absolute Gasteiger partial charge is 0.490 e. The second-order valence-electron chi connectivity index (χ2n) is 12.8. The number of carbonyl (C=O) groups is 1. The topological polar surface area (TPSA) is 54.4 Å². The van der Waals surface area contributed by atoms with Crippen LogP contribution >= 0.6 is 0 Å². The molecule has 3 fully saturated rings. The zero-order valence-electron chi connectivity index (χ0n) is 25.9. The standard InChI is InChI=1S/C36H49N3O3/c1-4-41-33-22-29-30(23-34(33)42-5-2)35(37-32-20-21-38(3)24-31(29)32)25-16-18-26(19-17-25)36(40)39(27-12-8-6-9-13-27)28-14-10-7-11-15-28/h16-19,22-23,27-28,31-32H,4-15,20-21,24H2,1-3H3. The van der Waals surface area contributed by atoms with Crippen molar-refractivity contribution in [2.75, 3.05) is 33.4 Å². The van der Waals surface area contributed by atoms with Gasteiger partial charge in [0.25, 0.3) is 5.91 Å². The van der Waals surface area contributed by atoms with Gasteiger partial charge in [-0.15, -0.1) is 0 Å². The highest BCUT2D eigenvalue weighted by Crippen LogP contribution is 2.42. The first-order chi connectivity index (χ1) is 20.6. The zero-order valence-corrected chi connectivity index (χ0v) is 25.9. The van der Waals surface area contributed by atoms with E-state index in [1.54, 1.807) is 0 Å². The van der Waals surface area contributed by atoms with E-state index in [1.807, 2.05) is 13.8 Å². The van der Waals surface area contributed by atoms with Gasteiger partial charge in [0.05, 0.1) is 25.0 Å². The van der Waals surface area contributed by atoms with E-state index in [9.17, 15) is 4.79 Å². The molecule has 0 N–H and O–H groups in total. The van der Waals surface area contributed by atoms with Gasteiger partial charge in [0.1, 0.15) is 0 Å². The fourth-order valence-corrected chi connectivity index (χ4v) is 7.92. The number of benzene rings is 2. The third-order valence-corrected chi connectivity index (χ3v) is 10.0. The van der Waals surface area contributed by atoms with Crippen molar-refractivity contribution in [3.8, 4) is 11.5 Å². The van der Waals surface area contributed by atoms with Crippen molar-refractivity contribution in [3.63, 3.8) is 0 Å². The van der Waals surface area contributed by atoms with E-state index < -0.39 is 0 Å². The van der Waals surface area contributed by atoms with Gasteiger partial charge in [0.15, 0.2) is 11.5 Å². The normalized spacial score (nSPS) is 23.5. The third-order valence-electron chi connectivity index (χ3n) is 10.0. The molecule has 226 valence electrons. The minimum absolute atomic E-state index is 0.224. The number of hydrogen-bond donors (Lipinski definition) is 0. The molecule has 1 saturated heterocycles. The van der Waals surface area contributed by atoms with Crippen LogP contribution in [0.2, 0.25) is 0 Å². The van der Waals surface area contributed by atoms with Crippen LogP contribution in [0.3, 0.4) is 0 Å². The second-order valence-corrected chi connectivity index (χ2v) is 12.8. The summed E-state index contributed by atoms with van der Waals surface area (Å²) in [4.78, 5) is 24.2. The number of likely N-dealkylation sites (N-methyl/N-ethyl adjacent to an activating group) is 1. The van der Waals surface area contributed by atoms with Crippen LogP contribution in [0.5, 0.6) is 11.5 Å². The highest BCUT2D eigenvalue weighted by molar-refractivity contribution is 6.15. The summed E-state index contributed by atoms with van der Waals surface area (Å²) in [6.45, 7) is 7.24. The molecular weight excluding hydrogens is 522 g/mol. The summed E-state index contributed by atoms with van der Waals surface area (Å²) in [5.74, 6) is 2.15. The van der Waals surface area contributed by atoms with Gasteiger partial charge in [-0.2, -0.15) is 0 Å². The lowest BCUT2D eigenvalue weighted by molar-refractivity contribution is 0.0448. The second kappa shape index (κ2) is 13.2. The quantitative estimate of drug-likeness (QED) is 0.335. The van der Waals surface area contributed by atoms with Crippen molar-refractivity contribution in [2.24, 2.45) is 4.99 Å². The molecule has 2 aliphatic carbocycles. The Balaban J connectivity index is 1.33. The van der Waals surface area contributed by atoms with Gasteiger partial charge in [-0.05, 0) is 89.4 Å². The van der Waals surface area contributed by atoms with E-state index >= 15 is 0 Å². The Kier molecular flexibility index (Phi) is 9.18. The third kappa shape index (κ3) is 5.97. The van der Waals surface area contributed by atoms with Gasteiger partial charge in [-0.3, -0.25) is 9.79 Å².